The van der Waals surface area contributed by atoms with Crippen LogP contribution in [-0.4, -0.2) is 43.0 Å². The number of benzene rings is 3. The minimum atomic E-state index is -3.48. The number of sulfone groups is 1. The third kappa shape index (κ3) is 5.77. The quantitative estimate of drug-likeness (QED) is 0.310. The first-order valence-corrected chi connectivity index (χ1v) is 14.7. The Hall–Kier alpha value is -3.11. The number of piperidine rings is 1. The molecule has 1 fully saturated rings. The molecule has 0 aliphatic carbocycles. The maximum absolute atomic E-state index is 13.8. The van der Waals surface area contributed by atoms with Gasteiger partial charge in [-0.05, 0) is 90.9 Å². The Morgan fingerprint density at radius 1 is 1.05 bits per heavy atom. The summed E-state index contributed by atoms with van der Waals surface area (Å²) in [6.45, 7) is 0.429. The average Bonchev–Trinajstić information content (AvgIpc) is 2.87. The van der Waals surface area contributed by atoms with Crippen LogP contribution in [-0.2, 0) is 16.3 Å². The standard InChI is InChI=1S/C29H27ClF2N2O4S/c1-39(37,38)22-7-9-26-19(14-22)15-23(28(35)34-26)27(18-3-5-20(30)6-4-18)29(36)10-11-33-21(16-29)12-17-2-8-24(31)25(32)13-17/h2-9,13-15,21,27,33,36H,10-12,16H2,1H3,(H,34,35)/t21-,27?,29?/m0/s1. The zero-order valence-electron chi connectivity index (χ0n) is 21.0. The molecule has 3 aromatic carbocycles. The van der Waals surface area contributed by atoms with Crippen LogP contribution in [0.5, 0.6) is 0 Å². The molecule has 0 radical (unpaired) electrons. The van der Waals surface area contributed by atoms with Gasteiger partial charge in [0.1, 0.15) is 0 Å². The lowest BCUT2D eigenvalue weighted by Crippen LogP contribution is -2.52. The van der Waals surface area contributed by atoms with Crippen molar-refractivity contribution in [3.05, 3.63) is 110 Å². The number of aromatic nitrogens is 1. The van der Waals surface area contributed by atoms with Crippen LogP contribution in [0, 0.1) is 11.6 Å². The third-order valence-corrected chi connectivity index (χ3v) is 8.74. The fourth-order valence-corrected chi connectivity index (χ4v) is 6.31. The largest absolute Gasteiger partial charge is 0.389 e. The van der Waals surface area contributed by atoms with Crippen molar-refractivity contribution in [2.24, 2.45) is 0 Å². The molecule has 3 N–H and O–H groups in total. The van der Waals surface area contributed by atoms with Crippen LogP contribution < -0.4 is 10.9 Å². The fraction of sp³-hybridized carbons (Fsp3) is 0.276. The van der Waals surface area contributed by atoms with Crippen LogP contribution in [0.25, 0.3) is 10.9 Å². The summed E-state index contributed by atoms with van der Waals surface area (Å²) in [7, 11) is -3.48. The number of rotatable bonds is 6. The van der Waals surface area contributed by atoms with Crippen LogP contribution in [0.4, 0.5) is 8.78 Å². The van der Waals surface area contributed by atoms with E-state index in [0.29, 0.717) is 46.4 Å². The van der Waals surface area contributed by atoms with Gasteiger partial charge in [0.2, 0.25) is 0 Å². The number of halogens is 3. The van der Waals surface area contributed by atoms with Crippen LogP contribution in [0.3, 0.4) is 0 Å². The highest BCUT2D eigenvalue weighted by Gasteiger charge is 2.44. The predicted molar refractivity (Wildman–Crippen MR) is 147 cm³/mol. The number of fused-ring (bicyclic) bond motifs is 1. The molecular weight excluding hydrogens is 546 g/mol. The summed E-state index contributed by atoms with van der Waals surface area (Å²) in [5.41, 5.74) is 0.206. The van der Waals surface area contributed by atoms with Crippen LogP contribution in [0.1, 0.15) is 35.4 Å². The van der Waals surface area contributed by atoms with Crippen molar-refractivity contribution in [2.45, 2.75) is 41.7 Å². The summed E-state index contributed by atoms with van der Waals surface area (Å²) < 4.78 is 51.6. The number of aromatic amines is 1. The van der Waals surface area contributed by atoms with Crippen molar-refractivity contribution in [1.82, 2.24) is 10.3 Å². The third-order valence-electron chi connectivity index (χ3n) is 7.38. The van der Waals surface area contributed by atoms with Gasteiger partial charge in [0.15, 0.2) is 21.5 Å². The highest BCUT2D eigenvalue weighted by molar-refractivity contribution is 7.90. The topological polar surface area (TPSA) is 99.3 Å². The lowest BCUT2D eigenvalue weighted by atomic mass is 9.70. The summed E-state index contributed by atoms with van der Waals surface area (Å²) in [4.78, 5) is 16.4. The second kappa shape index (κ2) is 10.5. The molecule has 6 nitrogen and oxygen atoms in total. The van der Waals surface area contributed by atoms with Gasteiger partial charge >= 0.3 is 0 Å². The number of nitrogens with one attached hydrogen (secondary N) is 2. The molecule has 204 valence electrons. The van der Waals surface area contributed by atoms with Crippen molar-refractivity contribution in [2.75, 3.05) is 12.8 Å². The monoisotopic (exact) mass is 572 g/mol. The first-order valence-electron chi connectivity index (χ1n) is 12.5. The summed E-state index contributed by atoms with van der Waals surface area (Å²) in [5, 5.41) is 16.5. The molecule has 3 atom stereocenters. The highest BCUT2D eigenvalue weighted by Crippen LogP contribution is 2.41. The molecule has 10 heteroatoms. The molecule has 2 unspecified atom stereocenters. The van der Waals surface area contributed by atoms with Gasteiger partial charge in [-0.15, -0.1) is 0 Å². The van der Waals surface area contributed by atoms with E-state index in [0.717, 1.165) is 18.4 Å². The minimum absolute atomic E-state index is 0.114. The molecule has 4 aromatic rings. The zero-order valence-corrected chi connectivity index (χ0v) is 22.6. The van der Waals surface area contributed by atoms with Crippen LogP contribution >= 0.6 is 11.6 Å². The lowest BCUT2D eigenvalue weighted by Gasteiger charge is -2.43. The predicted octanol–water partition coefficient (Wildman–Crippen LogP) is 4.72. The number of hydrogen-bond acceptors (Lipinski definition) is 5. The summed E-state index contributed by atoms with van der Waals surface area (Å²) in [6, 6.07) is 16.5. The molecular formula is C29H27ClF2N2O4S. The molecule has 1 saturated heterocycles. The molecule has 5 rings (SSSR count). The van der Waals surface area contributed by atoms with E-state index in [1.54, 1.807) is 36.4 Å². The second-order valence-corrected chi connectivity index (χ2v) is 12.7. The summed E-state index contributed by atoms with van der Waals surface area (Å²) in [6.07, 6.45) is 2.00. The van der Waals surface area contributed by atoms with Gasteiger partial charge in [0.05, 0.1) is 10.5 Å². The van der Waals surface area contributed by atoms with Gasteiger partial charge < -0.3 is 15.4 Å². The molecule has 0 spiro atoms. The summed E-state index contributed by atoms with van der Waals surface area (Å²) in [5.74, 6) is -2.64. The second-order valence-electron chi connectivity index (χ2n) is 10.2. The maximum Gasteiger partial charge on any atom is 0.252 e. The van der Waals surface area contributed by atoms with E-state index in [1.807, 2.05) is 0 Å². The van der Waals surface area contributed by atoms with Crippen molar-refractivity contribution < 1.29 is 22.3 Å². The number of H-pyrrole nitrogens is 1. The van der Waals surface area contributed by atoms with Crippen LogP contribution in [0.15, 0.2) is 76.4 Å². The van der Waals surface area contributed by atoms with Crippen LogP contribution in [0.2, 0.25) is 5.02 Å². The Bertz CT molecular complexity index is 1710. The SMILES string of the molecule is CS(=O)(=O)c1ccc2[nH]c(=O)c(C(c3ccc(Cl)cc3)C3(O)CCN[C@@H](Cc4ccc(F)c(F)c4)C3)cc2c1. The van der Waals surface area contributed by atoms with E-state index >= 15 is 0 Å². The summed E-state index contributed by atoms with van der Waals surface area (Å²) >= 11 is 6.14. The molecule has 2 heterocycles. The first kappa shape index (κ1) is 27.5. The van der Waals surface area contributed by atoms with Gasteiger partial charge in [-0.3, -0.25) is 4.79 Å². The molecule has 1 aliphatic rings. The van der Waals surface area contributed by atoms with Gasteiger partial charge in [-0.1, -0.05) is 29.8 Å². The minimum Gasteiger partial charge on any atom is -0.389 e. The Balaban J connectivity index is 1.59. The Kier molecular flexibility index (Phi) is 7.37. The van der Waals surface area contributed by atoms with E-state index < -0.39 is 38.5 Å². The van der Waals surface area contributed by atoms with Gasteiger partial charge in [-0.25, -0.2) is 17.2 Å². The Labute approximate surface area is 229 Å². The molecule has 0 bridgehead atoms. The Morgan fingerprint density at radius 2 is 1.79 bits per heavy atom. The van der Waals surface area contributed by atoms with E-state index in [-0.39, 0.29) is 22.9 Å². The number of pyridine rings is 1. The van der Waals surface area contributed by atoms with E-state index in [1.165, 1.54) is 18.2 Å². The Morgan fingerprint density at radius 3 is 2.49 bits per heavy atom. The van der Waals surface area contributed by atoms with E-state index in [9.17, 15) is 27.1 Å². The zero-order chi connectivity index (χ0) is 27.9. The number of hydrogen-bond donors (Lipinski definition) is 3. The lowest BCUT2D eigenvalue weighted by molar-refractivity contribution is -0.0188. The fourth-order valence-electron chi connectivity index (χ4n) is 5.53. The van der Waals surface area contributed by atoms with Crippen molar-refractivity contribution >= 4 is 32.3 Å². The number of aliphatic hydroxyl groups is 1. The first-order chi connectivity index (χ1) is 18.4. The normalized spacial score (nSPS) is 20.7. The molecule has 0 amide bonds. The van der Waals surface area contributed by atoms with Crippen molar-refractivity contribution in [1.29, 1.82) is 0 Å². The van der Waals surface area contributed by atoms with E-state index in [4.69, 9.17) is 11.6 Å². The van der Waals surface area contributed by atoms with Gasteiger partial charge in [0, 0.05) is 34.3 Å². The van der Waals surface area contributed by atoms with Gasteiger partial charge in [0.25, 0.3) is 5.56 Å². The molecule has 0 saturated carbocycles. The molecule has 1 aromatic heterocycles. The van der Waals surface area contributed by atoms with E-state index in [2.05, 4.69) is 10.3 Å². The maximum atomic E-state index is 13.8. The van der Waals surface area contributed by atoms with Gasteiger partial charge in [-0.2, -0.15) is 0 Å². The molecule has 1 aliphatic heterocycles. The average molecular weight is 573 g/mol. The highest BCUT2D eigenvalue weighted by atomic mass is 35.5. The molecule has 39 heavy (non-hydrogen) atoms. The van der Waals surface area contributed by atoms with Crippen molar-refractivity contribution in [3.8, 4) is 0 Å². The van der Waals surface area contributed by atoms with Crippen molar-refractivity contribution in [3.63, 3.8) is 0 Å². The smallest absolute Gasteiger partial charge is 0.252 e.